The van der Waals surface area contributed by atoms with Crippen LogP contribution in [0.2, 0.25) is 0 Å². The highest BCUT2D eigenvalue weighted by molar-refractivity contribution is 5.96. The van der Waals surface area contributed by atoms with Crippen molar-refractivity contribution in [3.05, 3.63) is 101 Å². The molecule has 6 heteroatoms. The van der Waals surface area contributed by atoms with Crippen LogP contribution < -0.4 is 10.6 Å². The fraction of sp³-hybridized carbons (Fsp3) is 0.136. The minimum absolute atomic E-state index is 0.0386. The van der Waals surface area contributed by atoms with Gasteiger partial charge in [-0.2, -0.15) is 0 Å². The number of pyridine rings is 1. The lowest BCUT2D eigenvalue weighted by atomic mass is 10.1. The molecule has 1 heterocycles. The number of carbonyl (C=O) groups is 2. The van der Waals surface area contributed by atoms with Crippen molar-refractivity contribution in [1.82, 2.24) is 15.6 Å². The van der Waals surface area contributed by atoms with Gasteiger partial charge in [-0.05, 0) is 36.2 Å². The Kier molecular flexibility index (Phi) is 6.11. The Bertz CT molecular complexity index is 928. The van der Waals surface area contributed by atoms with Gasteiger partial charge < -0.3 is 10.6 Å². The van der Waals surface area contributed by atoms with Crippen LogP contribution in [0, 0.1) is 12.7 Å². The maximum atomic E-state index is 13.6. The quantitative estimate of drug-likeness (QED) is 0.692. The number of halogens is 1. The molecule has 0 atom stereocenters. The number of hydrogen-bond donors (Lipinski definition) is 2. The fourth-order valence-electron chi connectivity index (χ4n) is 2.67. The zero-order valence-corrected chi connectivity index (χ0v) is 15.4. The third kappa shape index (κ3) is 4.79. The van der Waals surface area contributed by atoms with Crippen molar-refractivity contribution < 1.29 is 14.0 Å². The second-order valence-electron chi connectivity index (χ2n) is 6.29. The number of aryl methyl sites for hydroxylation is 1. The highest BCUT2D eigenvalue weighted by atomic mass is 19.1. The molecular formula is C22H20FN3O2. The second kappa shape index (κ2) is 8.90. The van der Waals surface area contributed by atoms with Gasteiger partial charge in [-0.15, -0.1) is 0 Å². The number of benzene rings is 2. The lowest BCUT2D eigenvalue weighted by Crippen LogP contribution is -2.27. The molecule has 1 aromatic heterocycles. The second-order valence-corrected chi connectivity index (χ2v) is 6.29. The summed E-state index contributed by atoms with van der Waals surface area (Å²) in [4.78, 5) is 28.8. The average Bonchev–Trinajstić information content (AvgIpc) is 2.72. The summed E-state index contributed by atoms with van der Waals surface area (Å²) in [6.45, 7) is 2.38. The van der Waals surface area contributed by atoms with Gasteiger partial charge in [0.1, 0.15) is 17.2 Å². The van der Waals surface area contributed by atoms with E-state index in [2.05, 4.69) is 15.6 Å². The van der Waals surface area contributed by atoms with Gasteiger partial charge in [0.25, 0.3) is 11.8 Å². The first-order valence-electron chi connectivity index (χ1n) is 8.86. The van der Waals surface area contributed by atoms with Crippen LogP contribution in [0.15, 0.2) is 66.7 Å². The van der Waals surface area contributed by atoms with Crippen LogP contribution in [0.25, 0.3) is 0 Å². The first-order chi connectivity index (χ1) is 13.5. The number of carbonyl (C=O) groups excluding carboxylic acids is 2. The summed E-state index contributed by atoms with van der Waals surface area (Å²) in [6.07, 6.45) is 0. The number of hydrogen-bond acceptors (Lipinski definition) is 3. The molecule has 3 rings (SSSR count). The van der Waals surface area contributed by atoms with Gasteiger partial charge in [0, 0.05) is 18.7 Å². The first-order valence-corrected chi connectivity index (χ1v) is 8.86. The standard InChI is InChI=1S/C22H20FN3O2/c1-15-7-2-3-8-16(15)13-24-21(27)19-11-6-12-20(26-19)22(28)25-14-17-9-4-5-10-18(17)23/h2-12H,13-14H2,1H3,(H,24,27)(H,25,28). The predicted molar refractivity (Wildman–Crippen MR) is 104 cm³/mol. The van der Waals surface area contributed by atoms with Crippen molar-refractivity contribution in [2.45, 2.75) is 20.0 Å². The average molecular weight is 377 g/mol. The Morgan fingerprint density at radius 2 is 1.32 bits per heavy atom. The van der Waals surface area contributed by atoms with Crippen LogP contribution in [0.1, 0.15) is 37.7 Å². The van der Waals surface area contributed by atoms with Gasteiger partial charge in [0.15, 0.2) is 0 Å². The largest absolute Gasteiger partial charge is 0.347 e. The van der Waals surface area contributed by atoms with Crippen LogP contribution >= 0.6 is 0 Å². The SMILES string of the molecule is Cc1ccccc1CNC(=O)c1cccc(C(=O)NCc2ccccc2F)n1. The lowest BCUT2D eigenvalue weighted by Gasteiger charge is -2.09. The Hall–Kier alpha value is -3.54. The molecule has 0 saturated carbocycles. The van der Waals surface area contributed by atoms with Crippen LogP contribution in [0.5, 0.6) is 0 Å². The fourth-order valence-corrected chi connectivity index (χ4v) is 2.67. The van der Waals surface area contributed by atoms with E-state index in [4.69, 9.17) is 0 Å². The van der Waals surface area contributed by atoms with E-state index in [0.29, 0.717) is 12.1 Å². The molecule has 5 nitrogen and oxygen atoms in total. The third-order valence-corrected chi connectivity index (χ3v) is 4.31. The Morgan fingerprint density at radius 3 is 1.93 bits per heavy atom. The van der Waals surface area contributed by atoms with Crippen molar-refractivity contribution >= 4 is 11.8 Å². The predicted octanol–water partition coefficient (Wildman–Crippen LogP) is 3.39. The molecule has 0 radical (unpaired) electrons. The molecular weight excluding hydrogens is 357 g/mol. The van der Waals surface area contributed by atoms with Crippen molar-refractivity contribution in [2.75, 3.05) is 0 Å². The molecule has 0 aliphatic carbocycles. The molecule has 0 saturated heterocycles. The van der Waals surface area contributed by atoms with Crippen molar-refractivity contribution in [2.24, 2.45) is 0 Å². The minimum Gasteiger partial charge on any atom is -0.347 e. The summed E-state index contributed by atoms with van der Waals surface area (Å²) < 4.78 is 13.6. The smallest absolute Gasteiger partial charge is 0.270 e. The number of nitrogens with one attached hydrogen (secondary N) is 2. The van der Waals surface area contributed by atoms with E-state index in [-0.39, 0.29) is 29.7 Å². The monoisotopic (exact) mass is 377 g/mol. The zero-order valence-electron chi connectivity index (χ0n) is 15.4. The summed E-state index contributed by atoms with van der Waals surface area (Å²) in [5.74, 6) is -1.23. The highest BCUT2D eigenvalue weighted by Crippen LogP contribution is 2.08. The molecule has 2 aromatic carbocycles. The molecule has 2 N–H and O–H groups in total. The van der Waals surface area contributed by atoms with Crippen LogP contribution in [-0.4, -0.2) is 16.8 Å². The van der Waals surface area contributed by atoms with Gasteiger partial charge in [-0.25, -0.2) is 9.37 Å². The Labute approximate surface area is 162 Å². The van der Waals surface area contributed by atoms with Gasteiger partial charge in [-0.3, -0.25) is 9.59 Å². The van der Waals surface area contributed by atoms with E-state index < -0.39 is 5.91 Å². The highest BCUT2D eigenvalue weighted by Gasteiger charge is 2.13. The van der Waals surface area contributed by atoms with E-state index in [1.807, 2.05) is 31.2 Å². The molecule has 0 aliphatic heterocycles. The zero-order chi connectivity index (χ0) is 19.9. The third-order valence-electron chi connectivity index (χ3n) is 4.31. The molecule has 28 heavy (non-hydrogen) atoms. The van der Waals surface area contributed by atoms with E-state index in [0.717, 1.165) is 11.1 Å². The van der Waals surface area contributed by atoms with Gasteiger partial charge >= 0.3 is 0 Å². The number of nitrogens with zero attached hydrogens (tertiary/aromatic N) is 1. The van der Waals surface area contributed by atoms with E-state index in [1.165, 1.54) is 12.1 Å². The summed E-state index contributed by atoms with van der Waals surface area (Å²) in [7, 11) is 0. The van der Waals surface area contributed by atoms with Crippen molar-refractivity contribution in [1.29, 1.82) is 0 Å². The number of aromatic nitrogens is 1. The van der Waals surface area contributed by atoms with Gasteiger partial charge in [0.2, 0.25) is 0 Å². The Balaban J connectivity index is 1.62. The molecule has 0 aliphatic rings. The number of amides is 2. The maximum absolute atomic E-state index is 13.6. The van der Waals surface area contributed by atoms with Crippen LogP contribution in [0.4, 0.5) is 4.39 Å². The topological polar surface area (TPSA) is 71.1 Å². The molecule has 3 aromatic rings. The van der Waals surface area contributed by atoms with E-state index in [9.17, 15) is 14.0 Å². The molecule has 2 amide bonds. The van der Waals surface area contributed by atoms with Crippen molar-refractivity contribution in [3.8, 4) is 0 Å². The summed E-state index contributed by atoms with van der Waals surface area (Å²) >= 11 is 0. The lowest BCUT2D eigenvalue weighted by molar-refractivity contribution is 0.0941. The summed E-state index contributed by atoms with van der Waals surface area (Å²) in [5, 5.41) is 5.42. The molecule has 0 unspecified atom stereocenters. The summed E-state index contributed by atoms with van der Waals surface area (Å²) in [6, 6.07) is 18.6. The molecule has 0 bridgehead atoms. The molecule has 0 spiro atoms. The van der Waals surface area contributed by atoms with Crippen LogP contribution in [0.3, 0.4) is 0 Å². The normalized spacial score (nSPS) is 10.4. The van der Waals surface area contributed by atoms with E-state index >= 15 is 0 Å². The van der Waals surface area contributed by atoms with E-state index in [1.54, 1.807) is 30.3 Å². The molecule has 0 fully saturated rings. The van der Waals surface area contributed by atoms with Gasteiger partial charge in [-0.1, -0.05) is 48.5 Å². The minimum atomic E-state index is -0.475. The molecule has 142 valence electrons. The maximum Gasteiger partial charge on any atom is 0.270 e. The van der Waals surface area contributed by atoms with Gasteiger partial charge in [0.05, 0.1) is 0 Å². The number of rotatable bonds is 6. The van der Waals surface area contributed by atoms with Crippen molar-refractivity contribution in [3.63, 3.8) is 0 Å². The van der Waals surface area contributed by atoms with Crippen LogP contribution in [-0.2, 0) is 13.1 Å². The Morgan fingerprint density at radius 1 is 0.786 bits per heavy atom. The first kappa shape index (κ1) is 19.2. The summed E-state index contributed by atoms with van der Waals surface area (Å²) in [5.41, 5.74) is 2.71.